The number of aromatic nitrogens is 1. The molecule has 6 rings (SSSR count). The first-order valence-electron chi connectivity index (χ1n) is 12.5. The van der Waals surface area contributed by atoms with Crippen molar-refractivity contribution in [1.82, 2.24) is 14.8 Å². The number of fused-ring (bicyclic) bond motifs is 1. The molecule has 3 amide bonds. The van der Waals surface area contributed by atoms with Gasteiger partial charge in [-0.15, -0.1) is 0 Å². The first-order valence-corrected chi connectivity index (χ1v) is 12.5. The molecule has 196 valence electrons. The highest BCUT2D eigenvalue weighted by Crippen LogP contribution is 2.44. The number of hydrogen-bond donors (Lipinski definition) is 1. The van der Waals surface area contributed by atoms with Crippen LogP contribution in [0.4, 0.5) is 0 Å². The molecule has 1 N–H and O–H groups in total. The molecule has 0 unspecified atom stereocenters. The molecule has 0 fully saturated rings. The van der Waals surface area contributed by atoms with Crippen molar-refractivity contribution in [1.29, 1.82) is 0 Å². The summed E-state index contributed by atoms with van der Waals surface area (Å²) >= 11 is 0. The number of benzene rings is 2. The lowest BCUT2D eigenvalue weighted by molar-refractivity contribution is -0.136. The van der Waals surface area contributed by atoms with Gasteiger partial charge in [-0.3, -0.25) is 19.7 Å². The minimum atomic E-state index is -0.472. The van der Waals surface area contributed by atoms with E-state index in [2.05, 4.69) is 9.88 Å². The highest BCUT2D eigenvalue weighted by Gasteiger charge is 2.37. The third kappa shape index (κ3) is 4.11. The van der Waals surface area contributed by atoms with Crippen molar-refractivity contribution in [2.75, 3.05) is 46.8 Å². The largest absolute Gasteiger partial charge is 0.454 e. The molecular formula is C28H27N3O7. The monoisotopic (exact) mass is 517 g/mol. The molecule has 1 aromatic heterocycles. The first-order chi connectivity index (χ1) is 18.6. The molecule has 0 atom stereocenters. The van der Waals surface area contributed by atoms with Crippen LogP contribution in [0.3, 0.4) is 0 Å². The van der Waals surface area contributed by atoms with E-state index in [1.54, 1.807) is 30.2 Å². The molecule has 3 aliphatic heterocycles. The summed E-state index contributed by atoms with van der Waals surface area (Å²) in [6.45, 7) is 2.45. The van der Waals surface area contributed by atoms with E-state index in [0.717, 1.165) is 16.5 Å². The van der Waals surface area contributed by atoms with Crippen LogP contribution in [-0.4, -0.2) is 74.0 Å². The van der Waals surface area contributed by atoms with E-state index in [9.17, 15) is 14.4 Å². The Morgan fingerprint density at radius 3 is 2.63 bits per heavy atom. The fourth-order valence-corrected chi connectivity index (χ4v) is 5.35. The number of para-hydroxylation sites is 2. The Labute approximate surface area is 218 Å². The van der Waals surface area contributed by atoms with Gasteiger partial charge in [0.1, 0.15) is 6.61 Å². The van der Waals surface area contributed by atoms with Gasteiger partial charge in [-0.25, -0.2) is 0 Å². The van der Waals surface area contributed by atoms with Crippen molar-refractivity contribution in [3.05, 3.63) is 59.3 Å². The predicted molar refractivity (Wildman–Crippen MR) is 137 cm³/mol. The molecule has 4 heterocycles. The van der Waals surface area contributed by atoms with E-state index in [0.29, 0.717) is 67.5 Å². The Morgan fingerprint density at radius 1 is 0.974 bits per heavy atom. The van der Waals surface area contributed by atoms with Crippen LogP contribution in [0.2, 0.25) is 0 Å². The van der Waals surface area contributed by atoms with Crippen LogP contribution in [0.1, 0.15) is 16.7 Å². The van der Waals surface area contributed by atoms with Gasteiger partial charge >= 0.3 is 0 Å². The zero-order chi connectivity index (χ0) is 26.2. The van der Waals surface area contributed by atoms with Gasteiger partial charge < -0.3 is 28.4 Å². The number of carbonyl (C=O) groups is 3. The standard InChI is InChI=1S/C28H27N3O7/c1-35-12-13-36-15-22(32)30-9-8-17-4-2-5-18-20(14-31(11-10-30)25(17)18)24-23(27(33)29-28(24)34)19-6-3-7-21-26(19)38-16-37-21/h2-7,14H,8-13,15-16H2,1H3,(H,29,33,34). The maximum absolute atomic E-state index is 13.2. The van der Waals surface area contributed by atoms with Gasteiger partial charge in [0.2, 0.25) is 12.7 Å². The second-order valence-corrected chi connectivity index (χ2v) is 9.30. The molecule has 2 aromatic carbocycles. The van der Waals surface area contributed by atoms with E-state index in [1.807, 2.05) is 24.4 Å². The van der Waals surface area contributed by atoms with E-state index in [-0.39, 0.29) is 24.9 Å². The van der Waals surface area contributed by atoms with Gasteiger partial charge in [0, 0.05) is 49.5 Å². The first kappa shape index (κ1) is 24.2. The topological polar surface area (TPSA) is 108 Å². The molecular weight excluding hydrogens is 490 g/mol. The normalized spacial score (nSPS) is 16.7. The third-order valence-corrected chi connectivity index (χ3v) is 7.12. The number of hydrogen-bond acceptors (Lipinski definition) is 7. The zero-order valence-electron chi connectivity index (χ0n) is 21.0. The number of ether oxygens (including phenoxy) is 4. The molecule has 0 bridgehead atoms. The highest BCUT2D eigenvalue weighted by atomic mass is 16.7. The Bertz CT molecular complexity index is 1490. The van der Waals surface area contributed by atoms with Crippen LogP contribution in [0.5, 0.6) is 11.5 Å². The molecule has 10 nitrogen and oxygen atoms in total. The number of carbonyl (C=O) groups excluding carboxylic acids is 3. The fraction of sp³-hybridized carbons (Fsp3) is 0.321. The smallest absolute Gasteiger partial charge is 0.259 e. The number of nitrogens with one attached hydrogen (secondary N) is 1. The average Bonchev–Trinajstić information content (AvgIpc) is 3.60. The molecule has 0 saturated carbocycles. The van der Waals surface area contributed by atoms with Crippen molar-refractivity contribution in [2.24, 2.45) is 0 Å². The lowest BCUT2D eigenvalue weighted by atomic mass is 9.94. The molecule has 10 heteroatoms. The van der Waals surface area contributed by atoms with Gasteiger partial charge in [-0.1, -0.05) is 30.3 Å². The Kier molecular flexibility index (Phi) is 6.34. The summed E-state index contributed by atoms with van der Waals surface area (Å²) in [7, 11) is 1.59. The van der Waals surface area contributed by atoms with E-state index >= 15 is 0 Å². The van der Waals surface area contributed by atoms with Gasteiger partial charge in [0.25, 0.3) is 11.8 Å². The van der Waals surface area contributed by atoms with Crippen molar-refractivity contribution in [3.63, 3.8) is 0 Å². The zero-order valence-corrected chi connectivity index (χ0v) is 21.0. The average molecular weight is 518 g/mol. The number of nitrogens with zero attached hydrogens (tertiary/aromatic N) is 2. The number of imide groups is 1. The van der Waals surface area contributed by atoms with Crippen molar-refractivity contribution >= 4 is 39.8 Å². The predicted octanol–water partition coefficient (Wildman–Crippen LogP) is 1.98. The molecule has 0 spiro atoms. The lowest BCUT2D eigenvalue weighted by Crippen LogP contribution is -2.39. The Hall–Kier alpha value is -4.15. The Balaban J connectivity index is 1.39. The SMILES string of the molecule is COCCOCC(=O)N1CCc2cccc3c(C4=C(c5cccc6c5OCO6)C(=O)NC4=O)cn(c23)CC1. The molecule has 0 saturated heterocycles. The minimum Gasteiger partial charge on any atom is -0.454 e. The van der Waals surface area contributed by atoms with Crippen molar-refractivity contribution in [2.45, 2.75) is 13.0 Å². The molecule has 0 aliphatic carbocycles. The fourth-order valence-electron chi connectivity index (χ4n) is 5.35. The number of methoxy groups -OCH3 is 1. The summed E-state index contributed by atoms with van der Waals surface area (Å²) in [5.74, 6) is -0.0106. The van der Waals surface area contributed by atoms with Crippen molar-refractivity contribution < 1.29 is 33.3 Å². The minimum absolute atomic E-state index is 0.00303. The summed E-state index contributed by atoms with van der Waals surface area (Å²) in [5, 5.41) is 3.35. The van der Waals surface area contributed by atoms with Gasteiger partial charge in [0.05, 0.1) is 29.9 Å². The lowest BCUT2D eigenvalue weighted by Gasteiger charge is -2.26. The quantitative estimate of drug-likeness (QED) is 0.377. The van der Waals surface area contributed by atoms with Crippen LogP contribution in [0.15, 0.2) is 42.6 Å². The summed E-state index contributed by atoms with van der Waals surface area (Å²) < 4.78 is 23.6. The maximum atomic E-state index is 13.2. The highest BCUT2D eigenvalue weighted by molar-refractivity contribution is 6.50. The van der Waals surface area contributed by atoms with E-state index < -0.39 is 11.8 Å². The summed E-state index contributed by atoms with van der Waals surface area (Å²) in [5.41, 5.74) is 3.82. The van der Waals surface area contributed by atoms with Gasteiger partial charge in [-0.2, -0.15) is 0 Å². The summed E-state index contributed by atoms with van der Waals surface area (Å²) in [6, 6.07) is 11.3. The van der Waals surface area contributed by atoms with Crippen LogP contribution >= 0.6 is 0 Å². The van der Waals surface area contributed by atoms with Crippen LogP contribution in [0, 0.1) is 0 Å². The molecule has 3 aromatic rings. The summed E-state index contributed by atoms with van der Waals surface area (Å²) in [4.78, 5) is 40.8. The summed E-state index contributed by atoms with van der Waals surface area (Å²) in [6.07, 6.45) is 2.56. The van der Waals surface area contributed by atoms with Gasteiger partial charge in [-0.05, 0) is 18.1 Å². The second-order valence-electron chi connectivity index (χ2n) is 9.30. The van der Waals surface area contributed by atoms with E-state index in [1.165, 1.54) is 0 Å². The van der Waals surface area contributed by atoms with Crippen molar-refractivity contribution in [3.8, 4) is 11.5 Å². The Morgan fingerprint density at radius 2 is 1.79 bits per heavy atom. The molecule has 0 radical (unpaired) electrons. The van der Waals surface area contributed by atoms with E-state index in [4.69, 9.17) is 18.9 Å². The molecule has 3 aliphatic rings. The number of rotatable bonds is 7. The van der Waals surface area contributed by atoms with Gasteiger partial charge in [0.15, 0.2) is 11.5 Å². The van der Waals surface area contributed by atoms with Crippen LogP contribution in [-0.2, 0) is 36.8 Å². The van der Waals surface area contributed by atoms with Crippen LogP contribution < -0.4 is 14.8 Å². The second kappa shape index (κ2) is 9.96. The van der Waals surface area contributed by atoms with Crippen LogP contribution in [0.25, 0.3) is 22.0 Å². The number of amides is 3. The maximum Gasteiger partial charge on any atom is 0.259 e. The molecule has 38 heavy (non-hydrogen) atoms. The third-order valence-electron chi connectivity index (χ3n) is 7.12.